The molecule has 0 N–H and O–H groups in total. The Balaban J connectivity index is 1.54. The normalized spacial score (nSPS) is 18.0. The Morgan fingerprint density at radius 3 is 2.92 bits per heavy atom. The maximum Gasteiger partial charge on any atom is 0.274 e. The molecule has 1 aliphatic rings. The summed E-state index contributed by atoms with van der Waals surface area (Å²) in [6.07, 6.45) is 5.27. The molecule has 1 aromatic carbocycles. The van der Waals surface area contributed by atoms with Crippen molar-refractivity contribution in [2.45, 2.75) is 25.7 Å². The largest absolute Gasteiger partial charge is 0.337 e. The first-order valence-corrected chi connectivity index (χ1v) is 8.96. The first kappa shape index (κ1) is 15.2. The van der Waals surface area contributed by atoms with Crippen molar-refractivity contribution in [3.8, 4) is 0 Å². The molecule has 0 spiro atoms. The fourth-order valence-corrected chi connectivity index (χ4v) is 4.19. The Bertz CT molecular complexity index is 841. The number of benzene rings is 1. The van der Waals surface area contributed by atoms with Gasteiger partial charge in [-0.3, -0.25) is 9.78 Å². The lowest BCUT2D eigenvalue weighted by Gasteiger charge is -2.31. The number of para-hydroxylation sites is 1. The van der Waals surface area contributed by atoms with Crippen molar-refractivity contribution in [2.75, 3.05) is 13.1 Å². The van der Waals surface area contributed by atoms with Crippen LogP contribution >= 0.6 is 11.3 Å². The first-order valence-electron chi connectivity index (χ1n) is 8.14. The number of thiazole rings is 1. The van der Waals surface area contributed by atoms with Gasteiger partial charge in [0.15, 0.2) is 0 Å². The number of hydrogen-bond acceptors (Lipinski definition) is 5. The van der Waals surface area contributed by atoms with E-state index in [1.165, 1.54) is 4.70 Å². The Kier molecular flexibility index (Phi) is 3.98. The van der Waals surface area contributed by atoms with Crippen LogP contribution in [0.15, 0.2) is 36.7 Å². The van der Waals surface area contributed by atoms with Crippen molar-refractivity contribution in [2.24, 2.45) is 0 Å². The van der Waals surface area contributed by atoms with Gasteiger partial charge in [0.2, 0.25) is 0 Å². The van der Waals surface area contributed by atoms with E-state index in [1.54, 1.807) is 23.7 Å². The molecule has 1 atom stereocenters. The van der Waals surface area contributed by atoms with Crippen LogP contribution in [0.1, 0.15) is 39.9 Å². The fourth-order valence-electron chi connectivity index (χ4n) is 3.09. The Morgan fingerprint density at radius 1 is 1.25 bits per heavy atom. The van der Waals surface area contributed by atoms with E-state index < -0.39 is 0 Å². The second-order valence-corrected chi connectivity index (χ2v) is 7.22. The van der Waals surface area contributed by atoms with Crippen LogP contribution in [0.25, 0.3) is 10.2 Å². The van der Waals surface area contributed by atoms with E-state index in [9.17, 15) is 4.79 Å². The lowest BCUT2D eigenvalue weighted by Crippen LogP contribution is -2.39. The van der Waals surface area contributed by atoms with Crippen molar-refractivity contribution in [3.05, 3.63) is 53.1 Å². The summed E-state index contributed by atoms with van der Waals surface area (Å²) in [4.78, 5) is 27.7. The van der Waals surface area contributed by atoms with Crippen molar-refractivity contribution in [1.82, 2.24) is 19.9 Å². The maximum absolute atomic E-state index is 12.7. The van der Waals surface area contributed by atoms with E-state index in [0.29, 0.717) is 18.2 Å². The lowest BCUT2D eigenvalue weighted by atomic mass is 9.98. The molecule has 4 rings (SSSR count). The number of nitrogens with zero attached hydrogens (tertiary/aromatic N) is 4. The SMILES string of the molecule is Cc1cnc(C(=O)N2CCC[C@@H](c3nc4ccccc4s3)C2)cn1. The van der Waals surface area contributed by atoms with Crippen LogP contribution in [0, 0.1) is 6.92 Å². The molecule has 3 heterocycles. The minimum absolute atomic E-state index is 0.0340. The third-order valence-electron chi connectivity index (χ3n) is 4.37. The molecule has 1 saturated heterocycles. The van der Waals surface area contributed by atoms with Crippen molar-refractivity contribution in [3.63, 3.8) is 0 Å². The summed E-state index contributed by atoms with van der Waals surface area (Å²) >= 11 is 1.74. The van der Waals surface area contributed by atoms with Gasteiger partial charge in [0, 0.05) is 25.2 Å². The molecular weight excluding hydrogens is 320 g/mol. The predicted octanol–water partition coefficient (Wildman–Crippen LogP) is 3.41. The third kappa shape index (κ3) is 2.89. The molecule has 0 saturated carbocycles. The molecule has 2 aromatic heterocycles. The summed E-state index contributed by atoms with van der Waals surface area (Å²) in [7, 11) is 0. The molecular formula is C18H18N4OS. The molecule has 24 heavy (non-hydrogen) atoms. The molecule has 122 valence electrons. The highest BCUT2D eigenvalue weighted by atomic mass is 32.1. The minimum Gasteiger partial charge on any atom is -0.337 e. The lowest BCUT2D eigenvalue weighted by molar-refractivity contribution is 0.0700. The van der Waals surface area contributed by atoms with Crippen molar-refractivity contribution < 1.29 is 4.79 Å². The summed E-state index contributed by atoms with van der Waals surface area (Å²) in [5.74, 6) is 0.270. The van der Waals surface area contributed by atoms with Gasteiger partial charge >= 0.3 is 0 Å². The van der Waals surface area contributed by atoms with E-state index in [2.05, 4.69) is 16.0 Å². The average Bonchev–Trinajstić information content (AvgIpc) is 3.06. The monoisotopic (exact) mass is 338 g/mol. The zero-order chi connectivity index (χ0) is 16.5. The number of rotatable bonds is 2. The second-order valence-electron chi connectivity index (χ2n) is 6.15. The van der Waals surface area contributed by atoms with E-state index >= 15 is 0 Å². The maximum atomic E-state index is 12.7. The topological polar surface area (TPSA) is 59.0 Å². The molecule has 5 nitrogen and oxygen atoms in total. The van der Waals surface area contributed by atoms with Gasteiger partial charge in [0.1, 0.15) is 5.69 Å². The summed E-state index contributed by atoms with van der Waals surface area (Å²) < 4.78 is 1.21. The summed E-state index contributed by atoms with van der Waals surface area (Å²) in [6.45, 7) is 3.34. The van der Waals surface area contributed by atoms with Gasteiger partial charge in [0.05, 0.1) is 27.1 Å². The van der Waals surface area contributed by atoms with Gasteiger partial charge in [0.25, 0.3) is 5.91 Å². The quantitative estimate of drug-likeness (QED) is 0.718. The highest BCUT2D eigenvalue weighted by Gasteiger charge is 2.28. The van der Waals surface area contributed by atoms with Crippen molar-refractivity contribution in [1.29, 1.82) is 0 Å². The van der Waals surface area contributed by atoms with Gasteiger partial charge < -0.3 is 4.90 Å². The molecule has 0 bridgehead atoms. The number of piperidine rings is 1. The molecule has 0 unspecified atom stereocenters. The van der Waals surface area contributed by atoms with Crippen LogP contribution in [-0.4, -0.2) is 38.8 Å². The standard InChI is InChI=1S/C18H18N4OS/c1-12-9-20-15(10-19-12)18(23)22-8-4-5-13(11-22)17-21-14-6-2-3-7-16(14)24-17/h2-3,6-7,9-10,13H,4-5,8,11H2,1H3/t13-/m1/s1. The average molecular weight is 338 g/mol. The van der Waals surface area contributed by atoms with Crippen LogP contribution in [-0.2, 0) is 0 Å². The van der Waals surface area contributed by atoms with E-state index in [0.717, 1.165) is 35.6 Å². The molecule has 1 fully saturated rings. The van der Waals surface area contributed by atoms with E-state index in [4.69, 9.17) is 4.98 Å². The number of carbonyl (C=O) groups excluding carboxylic acids is 1. The number of aromatic nitrogens is 3. The Morgan fingerprint density at radius 2 is 2.12 bits per heavy atom. The zero-order valence-electron chi connectivity index (χ0n) is 13.5. The minimum atomic E-state index is -0.0340. The zero-order valence-corrected chi connectivity index (χ0v) is 14.3. The highest BCUT2D eigenvalue weighted by Crippen LogP contribution is 2.33. The molecule has 0 radical (unpaired) electrons. The van der Waals surface area contributed by atoms with Crippen molar-refractivity contribution >= 4 is 27.5 Å². The Labute approximate surface area is 144 Å². The van der Waals surface area contributed by atoms with Crippen LogP contribution in [0.3, 0.4) is 0 Å². The number of fused-ring (bicyclic) bond motifs is 1. The van der Waals surface area contributed by atoms with Gasteiger partial charge in [-0.1, -0.05) is 12.1 Å². The Hall–Kier alpha value is -2.34. The predicted molar refractivity (Wildman–Crippen MR) is 94.3 cm³/mol. The molecule has 1 aliphatic heterocycles. The second kappa shape index (κ2) is 6.28. The number of amides is 1. The summed E-state index contributed by atoms with van der Waals surface area (Å²) in [5, 5.41) is 1.13. The molecule has 0 aliphatic carbocycles. The summed E-state index contributed by atoms with van der Waals surface area (Å²) in [6, 6.07) is 8.20. The van der Waals surface area contributed by atoms with E-state index in [1.807, 2.05) is 30.0 Å². The van der Waals surface area contributed by atoms with Gasteiger partial charge in [-0.25, -0.2) is 9.97 Å². The van der Waals surface area contributed by atoms with Gasteiger partial charge in [-0.15, -0.1) is 11.3 Å². The van der Waals surface area contributed by atoms with Crippen LogP contribution in [0.2, 0.25) is 0 Å². The number of carbonyl (C=O) groups is 1. The van der Waals surface area contributed by atoms with E-state index in [-0.39, 0.29) is 5.91 Å². The summed E-state index contributed by atoms with van der Waals surface area (Å²) in [5.41, 5.74) is 2.29. The third-order valence-corrected chi connectivity index (χ3v) is 5.57. The number of aryl methyl sites for hydroxylation is 1. The smallest absolute Gasteiger partial charge is 0.274 e. The first-order chi connectivity index (χ1) is 11.7. The fraction of sp³-hybridized carbons (Fsp3) is 0.333. The molecule has 6 heteroatoms. The molecule has 1 amide bonds. The molecule has 3 aromatic rings. The number of likely N-dealkylation sites (tertiary alicyclic amines) is 1. The van der Waals surface area contributed by atoms with Crippen LogP contribution < -0.4 is 0 Å². The highest BCUT2D eigenvalue weighted by molar-refractivity contribution is 7.18. The van der Waals surface area contributed by atoms with Gasteiger partial charge in [-0.05, 0) is 31.9 Å². The van der Waals surface area contributed by atoms with Crippen LogP contribution in [0.4, 0.5) is 0 Å². The van der Waals surface area contributed by atoms with Gasteiger partial charge in [-0.2, -0.15) is 0 Å². The number of hydrogen-bond donors (Lipinski definition) is 0. The van der Waals surface area contributed by atoms with Crippen LogP contribution in [0.5, 0.6) is 0 Å².